The van der Waals surface area contributed by atoms with Gasteiger partial charge in [0.25, 0.3) is 0 Å². The van der Waals surface area contributed by atoms with Crippen LogP contribution >= 0.6 is 24.0 Å². The first-order chi connectivity index (χ1) is 9.88. The third-order valence-corrected chi connectivity index (χ3v) is 3.55. The second kappa shape index (κ2) is 10.7. The summed E-state index contributed by atoms with van der Waals surface area (Å²) in [5.74, 6) is 1.84. The van der Waals surface area contributed by atoms with Gasteiger partial charge >= 0.3 is 0 Å². The number of nitrogens with zero attached hydrogens (tertiary/aromatic N) is 1. The number of rotatable bonds is 6. The average molecular weight is 403 g/mol. The number of benzene rings is 1. The van der Waals surface area contributed by atoms with Crippen LogP contribution in [0.4, 0.5) is 0 Å². The highest BCUT2D eigenvalue weighted by molar-refractivity contribution is 14.0. The lowest BCUT2D eigenvalue weighted by Gasteiger charge is -2.16. The Hall–Kier alpha value is -0.980. The summed E-state index contributed by atoms with van der Waals surface area (Å²) >= 11 is 0. The molecule has 0 amide bonds. The quantitative estimate of drug-likeness (QED) is 0.332. The molecule has 118 valence electrons. The highest BCUT2D eigenvalue weighted by atomic mass is 127. The standard InChI is InChI=1S/C16H25N3O.HI/c1-17-16(19-14-8-5-6-9-14)18-12-7-13-20-15-10-3-2-4-11-15;/h2-4,10-11,14H,5-9,12-13H2,1H3,(H2,17,18,19);1H. The lowest BCUT2D eigenvalue weighted by molar-refractivity contribution is 0.311. The fourth-order valence-electron chi connectivity index (χ4n) is 2.44. The van der Waals surface area contributed by atoms with Gasteiger partial charge in [0.2, 0.25) is 0 Å². The molecule has 2 rings (SSSR count). The molecule has 0 bridgehead atoms. The molecular formula is C16H26IN3O. The van der Waals surface area contributed by atoms with Gasteiger partial charge in [0.05, 0.1) is 6.61 Å². The summed E-state index contributed by atoms with van der Waals surface area (Å²) in [5, 5.41) is 6.81. The van der Waals surface area contributed by atoms with Crippen molar-refractivity contribution in [2.45, 2.75) is 38.1 Å². The zero-order valence-electron chi connectivity index (χ0n) is 12.7. The number of nitrogens with one attached hydrogen (secondary N) is 2. The second-order valence-electron chi connectivity index (χ2n) is 5.14. The lowest BCUT2D eigenvalue weighted by Crippen LogP contribution is -2.42. The van der Waals surface area contributed by atoms with Crippen molar-refractivity contribution >= 4 is 29.9 Å². The minimum Gasteiger partial charge on any atom is -0.494 e. The Kier molecular flexibility index (Phi) is 9.21. The molecule has 2 N–H and O–H groups in total. The molecule has 1 aromatic carbocycles. The van der Waals surface area contributed by atoms with E-state index < -0.39 is 0 Å². The number of halogens is 1. The third-order valence-electron chi connectivity index (χ3n) is 3.55. The van der Waals surface area contributed by atoms with Crippen LogP contribution in [-0.4, -0.2) is 32.2 Å². The van der Waals surface area contributed by atoms with E-state index in [0.717, 1.165) is 31.3 Å². The normalized spacial score (nSPS) is 15.4. The minimum atomic E-state index is 0. The van der Waals surface area contributed by atoms with Crippen LogP contribution in [-0.2, 0) is 0 Å². The van der Waals surface area contributed by atoms with Crippen molar-refractivity contribution < 1.29 is 4.74 Å². The summed E-state index contributed by atoms with van der Waals surface area (Å²) in [6.45, 7) is 1.59. The van der Waals surface area contributed by atoms with Crippen molar-refractivity contribution in [2.75, 3.05) is 20.2 Å². The van der Waals surface area contributed by atoms with Crippen LogP contribution in [0.1, 0.15) is 32.1 Å². The Balaban J connectivity index is 0.00000220. The number of para-hydroxylation sites is 1. The predicted molar refractivity (Wildman–Crippen MR) is 98.7 cm³/mol. The van der Waals surface area contributed by atoms with Gasteiger partial charge in [-0.2, -0.15) is 0 Å². The highest BCUT2D eigenvalue weighted by Crippen LogP contribution is 2.17. The van der Waals surface area contributed by atoms with E-state index in [9.17, 15) is 0 Å². The first kappa shape index (κ1) is 18.1. The molecule has 1 aliphatic carbocycles. The van der Waals surface area contributed by atoms with E-state index >= 15 is 0 Å². The van der Waals surface area contributed by atoms with E-state index in [4.69, 9.17) is 4.74 Å². The van der Waals surface area contributed by atoms with Crippen LogP contribution in [0, 0.1) is 0 Å². The Morgan fingerprint density at radius 2 is 1.95 bits per heavy atom. The SMILES string of the molecule is CN=C(NCCCOc1ccccc1)NC1CCCC1.I. The second-order valence-corrected chi connectivity index (χ2v) is 5.14. The van der Waals surface area contributed by atoms with Crippen LogP contribution in [0.15, 0.2) is 35.3 Å². The molecule has 0 aromatic heterocycles. The van der Waals surface area contributed by atoms with Crippen LogP contribution in [0.5, 0.6) is 5.75 Å². The van der Waals surface area contributed by atoms with Gasteiger partial charge in [0.15, 0.2) is 5.96 Å². The fraction of sp³-hybridized carbons (Fsp3) is 0.562. The van der Waals surface area contributed by atoms with Crippen molar-refractivity contribution in [3.05, 3.63) is 30.3 Å². The van der Waals surface area contributed by atoms with Crippen LogP contribution in [0.2, 0.25) is 0 Å². The molecule has 4 nitrogen and oxygen atoms in total. The summed E-state index contributed by atoms with van der Waals surface area (Å²) in [7, 11) is 1.82. The smallest absolute Gasteiger partial charge is 0.191 e. The Morgan fingerprint density at radius 1 is 1.24 bits per heavy atom. The molecule has 0 aliphatic heterocycles. The number of ether oxygens (including phenoxy) is 1. The molecule has 1 aromatic rings. The summed E-state index contributed by atoms with van der Waals surface area (Å²) in [5.41, 5.74) is 0. The van der Waals surface area contributed by atoms with E-state index in [1.807, 2.05) is 37.4 Å². The van der Waals surface area contributed by atoms with Gasteiger partial charge < -0.3 is 15.4 Å². The van der Waals surface area contributed by atoms with E-state index in [1.54, 1.807) is 0 Å². The highest BCUT2D eigenvalue weighted by Gasteiger charge is 2.15. The van der Waals surface area contributed by atoms with Crippen molar-refractivity contribution in [1.29, 1.82) is 0 Å². The van der Waals surface area contributed by atoms with Gasteiger partial charge in [-0.1, -0.05) is 31.0 Å². The summed E-state index contributed by atoms with van der Waals surface area (Å²) in [4.78, 5) is 4.26. The maximum absolute atomic E-state index is 5.65. The van der Waals surface area contributed by atoms with Crippen LogP contribution in [0.25, 0.3) is 0 Å². The molecule has 1 saturated carbocycles. The van der Waals surface area contributed by atoms with Gasteiger partial charge in [0, 0.05) is 19.6 Å². The van der Waals surface area contributed by atoms with E-state index in [0.29, 0.717) is 6.04 Å². The number of hydrogen-bond donors (Lipinski definition) is 2. The minimum absolute atomic E-state index is 0. The van der Waals surface area contributed by atoms with E-state index in [-0.39, 0.29) is 24.0 Å². The van der Waals surface area contributed by atoms with Crippen LogP contribution in [0.3, 0.4) is 0 Å². The maximum Gasteiger partial charge on any atom is 0.191 e. The fourth-order valence-corrected chi connectivity index (χ4v) is 2.44. The summed E-state index contributed by atoms with van der Waals surface area (Å²) in [6.07, 6.45) is 6.15. The van der Waals surface area contributed by atoms with Crippen molar-refractivity contribution in [1.82, 2.24) is 10.6 Å². The van der Waals surface area contributed by atoms with Gasteiger partial charge in [-0.3, -0.25) is 4.99 Å². The molecular weight excluding hydrogens is 377 g/mol. The van der Waals surface area contributed by atoms with Gasteiger partial charge in [0.1, 0.15) is 5.75 Å². The largest absolute Gasteiger partial charge is 0.494 e. The van der Waals surface area contributed by atoms with Crippen molar-refractivity contribution in [3.63, 3.8) is 0 Å². The lowest BCUT2D eigenvalue weighted by atomic mass is 10.2. The molecule has 1 fully saturated rings. The molecule has 0 radical (unpaired) electrons. The van der Waals surface area contributed by atoms with Crippen molar-refractivity contribution in [3.8, 4) is 5.75 Å². The molecule has 0 heterocycles. The third kappa shape index (κ3) is 7.02. The van der Waals surface area contributed by atoms with E-state index in [2.05, 4.69) is 15.6 Å². The zero-order chi connectivity index (χ0) is 14.0. The first-order valence-corrected chi connectivity index (χ1v) is 7.53. The van der Waals surface area contributed by atoms with E-state index in [1.165, 1.54) is 25.7 Å². The molecule has 0 spiro atoms. The van der Waals surface area contributed by atoms with Crippen LogP contribution < -0.4 is 15.4 Å². The Labute approximate surface area is 144 Å². The molecule has 0 atom stereocenters. The number of hydrogen-bond acceptors (Lipinski definition) is 2. The monoisotopic (exact) mass is 403 g/mol. The van der Waals surface area contributed by atoms with Gasteiger partial charge in [-0.15, -0.1) is 24.0 Å². The topological polar surface area (TPSA) is 45.7 Å². The number of guanidine groups is 1. The molecule has 0 saturated heterocycles. The Bertz CT molecular complexity index is 405. The predicted octanol–water partition coefficient (Wildman–Crippen LogP) is 3.18. The molecule has 5 heteroatoms. The first-order valence-electron chi connectivity index (χ1n) is 7.53. The number of aliphatic imine (C=N–C) groups is 1. The van der Waals surface area contributed by atoms with Gasteiger partial charge in [-0.25, -0.2) is 0 Å². The summed E-state index contributed by atoms with van der Waals surface area (Å²) in [6, 6.07) is 10.5. The molecule has 1 aliphatic rings. The molecule has 21 heavy (non-hydrogen) atoms. The maximum atomic E-state index is 5.65. The van der Waals surface area contributed by atoms with Crippen molar-refractivity contribution in [2.24, 2.45) is 4.99 Å². The molecule has 0 unspecified atom stereocenters. The summed E-state index contributed by atoms with van der Waals surface area (Å²) < 4.78 is 5.65. The Morgan fingerprint density at radius 3 is 2.62 bits per heavy atom. The van der Waals surface area contributed by atoms with Gasteiger partial charge in [-0.05, 0) is 31.4 Å². The average Bonchev–Trinajstić information content (AvgIpc) is 3.00. The zero-order valence-corrected chi connectivity index (χ0v) is 15.0.